The van der Waals surface area contributed by atoms with E-state index in [1.54, 1.807) is 36.7 Å². The second-order valence-corrected chi connectivity index (χ2v) is 6.69. The van der Waals surface area contributed by atoms with Crippen LogP contribution >= 0.6 is 15.9 Å². The van der Waals surface area contributed by atoms with Gasteiger partial charge in [-0.25, -0.2) is 0 Å². The summed E-state index contributed by atoms with van der Waals surface area (Å²) < 4.78 is 0.734. The second-order valence-electron chi connectivity index (χ2n) is 5.78. The van der Waals surface area contributed by atoms with Gasteiger partial charge in [0, 0.05) is 29.8 Å². The van der Waals surface area contributed by atoms with Crippen molar-refractivity contribution in [1.82, 2.24) is 15.2 Å². The molecule has 3 rings (SSSR count). The standard InChI is InChI=1S/C18H16BrN3O3/c1-11(12-3-2-7-20-10-12)21-16(23)6-8-22-17(24)14-5-4-13(19)9-15(14)18(22)25/h2-5,7,9-11H,6,8H2,1H3,(H,21,23). The van der Waals surface area contributed by atoms with E-state index in [1.807, 2.05) is 13.0 Å². The van der Waals surface area contributed by atoms with Gasteiger partial charge in [0.1, 0.15) is 0 Å². The number of nitrogens with zero attached hydrogens (tertiary/aromatic N) is 2. The average Bonchev–Trinajstić information content (AvgIpc) is 2.84. The quantitative estimate of drug-likeness (QED) is 0.781. The van der Waals surface area contributed by atoms with Crippen LogP contribution in [0.15, 0.2) is 47.2 Å². The Morgan fingerprint density at radius 3 is 2.72 bits per heavy atom. The van der Waals surface area contributed by atoms with Crippen LogP contribution in [-0.2, 0) is 4.79 Å². The van der Waals surface area contributed by atoms with Crippen molar-refractivity contribution >= 4 is 33.7 Å². The SMILES string of the molecule is CC(NC(=O)CCN1C(=O)c2ccc(Br)cc2C1=O)c1cccnc1. The van der Waals surface area contributed by atoms with Crippen molar-refractivity contribution in [3.8, 4) is 0 Å². The molecule has 25 heavy (non-hydrogen) atoms. The lowest BCUT2D eigenvalue weighted by molar-refractivity contribution is -0.121. The molecule has 0 spiro atoms. The zero-order valence-corrected chi connectivity index (χ0v) is 15.1. The van der Waals surface area contributed by atoms with Crippen molar-refractivity contribution in [2.75, 3.05) is 6.54 Å². The largest absolute Gasteiger partial charge is 0.349 e. The first-order valence-electron chi connectivity index (χ1n) is 7.82. The first-order valence-corrected chi connectivity index (χ1v) is 8.61. The number of carbonyl (C=O) groups is 3. The van der Waals surface area contributed by atoms with E-state index in [2.05, 4.69) is 26.2 Å². The highest BCUT2D eigenvalue weighted by atomic mass is 79.9. The van der Waals surface area contributed by atoms with E-state index < -0.39 is 0 Å². The summed E-state index contributed by atoms with van der Waals surface area (Å²) in [6.45, 7) is 1.91. The number of nitrogens with one attached hydrogen (secondary N) is 1. The Balaban J connectivity index is 1.60. The lowest BCUT2D eigenvalue weighted by Gasteiger charge is -2.16. The number of fused-ring (bicyclic) bond motifs is 1. The van der Waals surface area contributed by atoms with Crippen LogP contribution in [0.2, 0.25) is 0 Å². The van der Waals surface area contributed by atoms with Crippen LogP contribution in [0.3, 0.4) is 0 Å². The summed E-state index contributed by atoms with van der Waals surface area (Å²) in [5, 5.41) is 2.84. The molecule has 0 saturated carbocycles. The summed E-state index contributed by atoms with van der Waals surface area (Å²) in [6, 6.07) is 8.44. The van der Waals surface area contributed by atoms with E-state index in [-0.39, 0.29) is 36.7 Å². The molecule has 3 amide bonds. The van der Waals surface area contributed by atoms with Crippen LogP contribution in [0.1, 0.15) is 45.7 Å². The Morgan fingerprint density at radius 2 is 2.00 bits per heavy atom. The number of rotatable bonds is 5. The van der Waals surface area contributed by atoms with E-state index in [1.165, 1.54) is 0 Å². The monoisotopic (exact) mass is 401 g/mol. The molecule has 0 fully saturated rings. The third-order valence-electron chi connectivity index (χ3n) is 4.06. The summed E-state index contributed by atoms with van der Waals surface area (Å²) in [6.07, 6.45) is 3.41. The summed E-state index contributed by atoms with van der Waals surface area (Å²) in [5.41, 5.74) is 1.63. The lowest BCUT2D eigenvalue weighted by atomic mass is 10.1. The van der Waals surface area contributed by atoms with Crippen LogP contribution in [-0.4, -0.2) is 34.2 Å². The molecule has 128 valence electrons. The first-order chi connectivity index (χ1) is 12.0. The van der Waals surface area contributed by atoms with Crippen molar-refractivity contribution in [3.05, 3.63) is 63.9 Å². The molecule has 7 heteroatoms. The molecular formula is C18H16BrN3O3. The maximum atomic E-state index is 12.4. The number of pyridine rings is 1. The highest BCUT2D eigenvalue weighted by molar-refractivity contribution is 9.10. The number of amides is 3. The van der Waals surface area contributed by atoms with Crippen LogP contribution < -0.4 is 5.32 Å². The van der Waals surface area contributed by atoms with Gasteiger partial charge in [-0.2, -0.15) is 0 Å². The molecule has 6 nitrogen and oxygen atoms in total. The third-order valence-corrected chi connectivity index (χ3v) is 4.55. The van der Waals surface area contributed by atoms with Crippen LogP contribution in [0.4, 0.5) is 0 Å². The van der Waals surface area contributed by atoms with Gasteiger partial charge in [-0.05, 0) is 36.8 Å². The zero-order chi connectivity index (χ0) is 18.0. The van der Waals surface area contributed by atoms with E-state index in [9.17, 15) is 14.4 Å². The predicted octanol–water partition coefficient (Wildman–Crippen LogP) is 2.71. The molecule has 0 radical (unpaired) electrons. The Hall–Kier alpha value is -2.54. The van der Waals surface area contributed by atoms with E-state index in [0.29, 0.717) is 11.1 Å². The van der Waals surface area contributed by atoms with Crippen LogP contribution in [0, 0.1) is 0 Å². The van der Waals surface area contributed by atoms with Gasteiger partial charge in [0.2, 0.25) is 5.91 Å². The number of imide groups is 1. The molecule has 0 aliphatic carbocycles. The minimum Gasteiger partial charge on any atom is -0.349 e. The van der Waals surface area contributed by atoms with Crippen LogP contribution in [0.5, 0.6) is 0 Å². The molecule has 1 aromatic carbocycles. The van der Waals surface area contributed by atoms with E-state index in [4.69, 9.17) is 0 Å². The van der Waals surface area contributed by atoms with Gasteiger partial charge < -0.3 is 5.32 Å². The van der Waals surface area contributed by atoms with Gasteiger partial charge in [-0.3, -0.25) is 24.3 Å². The third kappa shape index (κ3) is 3.61. The van der Waals surface area contributed by atoms with E-state index in [0.717, 1.165) is 14.9 Å². The molecule has 0 bridgehead atoms. The summed E-state index contributed by atoms with van der Waals surface area (Å²) in [4.78, 5) is 42.0. The Bertz CT molecular complexity index is 839. The smallest absolute Gasteiger partial charge is 0.261 e. The molecule has 1 N–H and O–H groups in total. The molecular weight excluding hydrogens is 386 g/mol. The fourth-order valence-electron chi connectivity index (χ4n) is 2.71. The first kappa shape index (κ1) is 17.3. The Morgan fingerprint density at radius 1 is 1.24 bits per heavy atom. The van der Waals surface area contributed by atoms with E-state index >= 15 is 0 Å². The molecule has 1 aromatic heterocycles. The molecule has 1 aliphatic rings. The maximum absolute atomic E-state index is 12.4. The van der Waals surface area contributed by atoms with Gasteiger partial charge >= 0.3 is 0 Å². The molecule has 2 heterocycles. The predicted molar refractivity (Wildman–Crippen MR) is 94.9 cm³/mol. The van der Waals surface area contributed by atoms with Crippen molar-refractivity contribution in [3.63, 3.8) is 0 Å². The number of benzene rings is 1. The zero-order valence-electron chi connectivity index (χ0n) is 13.5. The normalized spacial score (nSPS) is 14.4. The second kappa shape index (κ2) is 7.14. The minimum atomic E-state index is -0.366. The minimum absolute atomic E-state index is 0.0511. The number of carbonyl (C=O) groups excluding carboxylic acids is 3. The molecule has 2 aromatic rings. The highest BCUT2D eigenvalue weighted by Gasteiger charge is 2.35. The van der Waals surface area contributed by atoms with Gasteiger partial charge in [0.15, 0.2) is 0 Å². The van der Waals surface area contributed by atoms with Crippen LogP contribution in [0.25, 0.3) is 0 Å². The Labute approximate surface area is 153 Å². The van der Waals surface area contributed by atoms with Crippen molar-refractivity contribution in [2.24, 2.45) is 0 Å². The highest BCUT2D eigenvalue weighted by Crippen LogP contribution is 2.26. The van der Waals surface area contributed by atoms with Gasteiger partial charge in [0.25, 0.3) is 11.8 Å². The number of halogens is 1. The summed E-state index contributed by atoms with van der Waals surface area (Å²) >= 11 is 3.29. The maximum Gasteiger partial charge on any atom is 0.261 e. The average molecular weight is 402 g/mol. The lowest BCUT2D eigenvalue weighted by Crippen LogP contribution is -2.35. The fourth-order valence-corrected chi connectivity index (χ4v) is 3.07. The summed E-state index contributed by atoms with van der Waals surface area (Å²) in [7, 11) is 0. The number of aromatic nitrogens is 1. The van der Waals surface area contributed by atoms with Gasteiger partial charge in [-0.15, -0.1) is 0 Å². The fraction of sp³-hybridized carbons (Fsp3) is 0.222. The molecule has 1 aliphatic heterocycles. The topological polar surface area (TPSA) is 79.4 Å². The van der Waals surface area contributed by atoms with Gasteiger partial charge in [-0.1, -0.05) is 22.0 Å². The van der Waals surface area contributed by atoms with Crippen molar-refractivity contribution in [1.29, 1.82) is 0 Å². The molecule has 1 unspecified atom stereocenters. The molecule has 0 saturated heterocycles. The number of hydrogen-bond acceptors (Lipinski definition) is 4. The molecule has 1 atom stereocenters. The van der Waals surface area contributed by atoms with Gasteiger partial charge in [0.05, 0.1) is 17.2 Å². The van der Waals surface area contributed by atoms with Crippen molar-refractivity contribution < 1.29 is 14.4 Å². The summed E-state index contributed by atoms with van der Waals surface area (Å²) in [5.74, 6) is -0.955. The number of hydrogen-bond donors (Lipinski definition) is 1. The Kier molecular flexibility index (Phi) is 4.94. The van der Waals surface area contributed by atoms with Crippen molar-refractivity contribution in [2.45, 2.75) is 19.4 Å².